The van der Waals surface area contributed by atoms with Crippen molar-refractivity contribution < 1.29 is 19.4 Å². The van der Waals surface area contributed by atoms with Gasteiger partial charge in [-0.25, -0.2) is 9.59 Å². The fourth-order valence-electron chi connectivity index (χ4n) is 1.89. The second-order valence-electron chi connectivity index (χ2n) is 4.42. The average molecular weight is 251 g/mol. The van der Waals surface area contributed by atoms with E-state index in [2.05, 4.69) is 0 Å². The minimum atomic E-state index is -1.15. The molecule has 5 heteroatoms. The number of esters is 1. The third-order valence-corrected chi connectivity index (χ3v) is 2.57. The van der Waals surface area contributed by atoms with Crippen molar-refractivity contribution in [2.45, 2.75) is 33.8 Å². The minimum Gasteiger partial charge on any atom is -0.478 e. The van der Waals surface area contributed by atoms with Gasteiger partial charge in [0.2, 0.25) is 0 Å². The molecule has 0 radical (unpaired) electrons. The summed E-state index contributed by atoms with van der Waals surface area (Å²) < 4.78 is 5.10. The lowest BCUT2D eigenvalue weighted by Crippen LogP contribution is -2.17. The van der Waals surface area contributed by atoms with Gasteiger partial charge in [-0.1, -0.05) is 0 Å². The Morgan fingerprint density at radius 3 is 2.28 bits per heavy atom. The molecule has 18 heavy (non-hydrogen) atoms. The number of hydrogen-bond acceptors (Lipinski definition) is 4. The summed E-state index contributed by atoms with van der Waals surface area (Å²) in [4.78, 5) is 23.0. The molecule has 0 saturated carbocycles. The van der Waals surface area contributed by atoms with Gasteiger partial charge in [-0.3, -0.25) is 0 Å². The number of carboxylic acids is 1. The van der Waals surface area contributed by atoms with Gasteiger partial charge >= 0.3 is 11.9 Å². The summed E-state index contributed by atoms with van der Waals surface area (Å²) in [5.74, 6) is -1.67. The van der Waals surface area contributed by atoms with Crippen molar-refractivity contribution in [1.82, 2.24) is 0 Å². The van der Waals surface area contributed by atoms with Gasteiger partial charge in [0, 0.05) is 5.69 Å². The SMILES string of the molecule is Cc1cc(N)c(C(=O)O)c(C)c1C(=O)OC(C)C. The molecule has 1 rings (SSSR count). The Morgan fingerprint density at radius 2 is 1.83 bits per heavy atom. The van der Waals surface area contributed by atoms with Crippen LogP contribution in [-0.2, 0) is 4.74 Å². The molecule has 0 aliphatic heterocycles. The van der Waals surface area contributed by atoms with Crippen LogP contribution in [0.3, 0.4) is 0 Å². The molecule has 0 aliphatic rings. The molecule has 0 saturated heterocycles. The highest BCUT2D eigenvalue weighted by Gasteiger charge is 2.22. The number of ether oxygens (including phenoxy) is 1. The summed E-state index contributed by atoms with van der Waals surface area (Å²) in [7, 11) is 0. The number of aryl methyl sites for hydroxylation is 1. The van der Waals surface area contributed by atoms with Crippen molar-refractivity contribution in [1.29, 1.82) is 0 Å². The van der Waals surface area contributed by atoms with Crippen molar-refractivity contribution >= 4 is 17.6 Å². The molecular formula is C13H17NO4. The molecule has 1 aromatic rings. The van der Waals surface area contributed by atoms with Crippen LogP contribution in [0.1, 0.15) is 45.7 Å². The summed E-state index contributed by atoms with van der Waals surface area (Å²) in [5, 5.41) is 9.09. The Labute approximate surface area is 106 Å². The number of carbonyl (C=O) groups excluding carboxylic acids is 1. The van der Waals surface area contributed by atoms with Crippen LogP contribution >= 0.6 is 0 Å². The number of nitrogen functional groups attached to an aromatic ring is 1. The van der Waals surface area contributed by atoms with E-state index in [-0.39, 0.29) is 22.9 Å². The molecule has 0 fully saturated rings. The van der Waals surface area contributed by atoms with Gasteiger partial charge in [-0.2, -0.15) is 0 Å². The van der Waals surface area contributed by atoms with Crippen LogP contribution in [0.2, 0.25) is 0 Å². The number of benzene rings is 1. The van der Waals surface area contributed by atoms with E-state index in [0.29, 0.717) is 11.1 Å². The molecule has 1 aromatic carbocycles. The first-order valence-corrected chi connectivity index (χ1v) is 5.59. The maximum absolute atomic E-state index is 11.9. The van der Waals surface area contributed by atoms with Gasteiger partial charge in [0.15, 0.2) is 0 Å². The summed E-state index contributed by atoms with van der Waals surface area (Å²) in [6.45, 7) is 6.73. The highest BCUT2D eigenvalue weighted by Crippen LogP contribution is 2.25. The lowest BCUT2D eigenvalue weighted by molar-refractivity contribution is 0.0376. The fourth-order valence-corrected chi connectivity index (χ4v) is 1.89. The van der Waals surface area contributed by atoms with E-state index in [1.165, 1.54) is 6.07 Å². The van der Waals surface area contributed by atoms with Crippen molar-refractivity contribution in [3.8, 4) is 0 Å². The standard InChI is InChI=1S/C13H17NO4/c1-6(2)18-13(17)10-7(3)5-9(14)11(8(10)4)12(15)16/h5-6H,14H2,1-4H3,(H,15,16). The Bertz CT molecular complexity index is 506. The van der Waals surface area contributed by atoms with E-state index in [4.69, 9.17) is 15.6 Å². The number of aromatic carboxylic acids is 1. The van der Waals surface area contributed by atoms with Gasteiger partial charge in [0.25, 0.3) is 0 Å². The summed E-state index contributed by atoms with van der Waals surface area (Å²) >= 11 is 0. The molecule has 3 N–H and O–H groups in total. The van der Waals surface area contributed by atoms with E-state index >= 15 is 0 Å². The Balaban J connectivity index is 3.41. The van der Waals surface area contributed by atoms with Gasteiger partial charge in [0.1, 0.15) is 0 Å². The summed E-state index contributed by atoms with van der Waals surface area (Å²) in [5.41, 5.74) is 6.99. The third-order valence-electron chi connectivity index (χ3n) is 2.57. The van der Waals surface area contributed by atoms with E-state index in [0.717, 1.165) is 0 Å². The van der Waals surface area contributed by atoms with Gasteiger partial charge in [-0.15, -0.1) is 0 Å². The number of hydrogen-bond donors (Lipinski definition) is 2. The van der Waals surface area contributed by atoms with E-state index in [9.17, 15) is 9.59 Å². The molecule has 0 atom stereocenters. The normalized spacial score (nSPS) is 10.5. The van der Waals surface area contributed by atoms with Crippen LogP contribution in [0.25, 0.3) is 0 Å². The Kier molecular flexibility index (Phi) is 3.96. The zero-order valence-corrected chi connectivity index (χ0v) is 10.9. The number of anilines is 1. The zero-order chi connectivity index (χ0) is 14.0. The molecule has 0 bridgehead atoms. The number of carbonyl (C=O) groups is 2. The highest BCUT2D eigenvalue weighted by molar-refractivity contribution is 6.02. The Hall–Kier alpha value is -2.04. The molecule has 0 heterocycles. The second-order valence-corrected chi connectivity index (χ2v) is 4.42. The third kappa shape index (κ3) is 2.61. The number of carboxylic acid groups (broad SMARTS) is 1. The van der Waals surface area contributed by atoms with Crippen LogP contribution in [0.4, 0.5) is 5.69 Å². The zero-order valence-electron chi connectivity index (χ0n) is 10.9. The Morgan fingerprint density at radius 1 is 1.28 bits per heavy atom. The fraction of sp³-hybridized carbons (Fsp3) is 0.385. The average Bonchev–Trinajstić information content (AvgIpc) is 2.13. The molecule has 0 amide bonds. The molecule has 0 aliphatic carbocycles. The smallest absolute Gasteiger partial charge is 0.338 e. The van der Waals surface area contributed by atoms with E-state index < -0.39 is 11.9 Å². The molecule has 5 nitrogen and oxygen atoms in total. The van der Waals surface area contributed by atoms with Gasteiger partial charge in [0.05, 0.1) is 17.2 Å². The van der Waals surface area contributed by atoms with Crippen molar-refractivity contribution in [3.05, 3.63) is 28.3 Å². The van der Waals surface area contributed by atoms with Crippen LogP contribution in [0.15, 0.2) is 6.07 Å². The molecule has 0 unspecified atom stereocenters. The highest BCUT2D eigenvalue weighted by atomic mass is 16.5. The van der Waals surface area contributed by atoms with Crippen LogP contribution in [0, 0.1) is 13.8 Å². The van der Waals surface area contributed by atoms with Gasteiger partial charge in [-0.05, 0) is 44.9 Å². The predicted molar refractivity (Wildman–Crippen MR) is 67.8 cm³/mol. The quantitative estimate of drug-likeness (QED) is 0.634. The van der Waals surface area contributed by atoms with Gasteiger partial charge < -0.3 is 15.6 Å². The molecule has 0 spiro atoms. The van der Waals surface area contributed by atoms with Crippen LogP contribution in [-0.4, -0.2) is 23.1 Å². The first-order chi connectivity index (χ1) is 8.25. The van der Waals surface area contributed by atoms with E-state index in [1.54, 1.807) is 27.7 Å². The first-order valence-electron chi connectivity index (χ1n) is 5.59. The van der Waals surface area contributed by atoms with E-state index in [1.807, 2.05) is 0 Å². The summed E-state index contributed by atoms with van der Waals surface area (Å²) in [6, 6.07) is 1.48. The van der Waals surface area contributed by atoms with Crippen LogP contribution in [0.5, 0.6) is 0 Å². The monoisotopic (exact) mass is 251 g/mol. The van der Waals surface area contributed by atoms with Crippen molar-refractivity contribution in [3.63, 3.8) is 0 Å². The maximum atomic E-state index is 11.9. The maximum Gasteiger partial charge on any atom is 0.338 e. The lowest BCUT2D eigenvalue weighted by Gasteiger charge is -2.15. The van der Waals surface area contributed by atoms with Crippen molar-refractivity contribution in [2.75, 3.05) is 5.73 Å². The summed E-state index contributed by atoms with van der Waals surface area (Å²) in [6.07, 6.45) is -0.262. The van der Waals surface area contributed by atoms with Crippen LogP contribution < -0.4 is 5.73 Å². The minimum absolute atomic E-state index is 0.0451. The topological polar surface area (TPSA) is 89.6 Å². The molecular weight excluding hydrogens is 234 g/mol. The predicted octanol–water partition coefficient (Wildman–Crippen LogP) is 2.15. The molecule has 0 aromatic heterocycles. The number of nitrogens with two attached hydrogens (primary N) is 1. The largest absolute Gasteiger partial charge is 0.478 e. The lowest BCUT2D eigenvalue weighted by atomic mass is 9.96. The first kappa shape index (κ1) is 14.0. The number of rotatable bonds is 3. The van der Waals surface area contributed by atoms with Crippen molar-refractivity contribution in [2.24, 2.45) is 0 Å². The second kappa shape index (κ2) is 5.08. The molecule has 98 valence electrons.